The van der Waals surface area contributed by atoms with E-state index in [0.29, 0.717) is 10.4 Å². The number of rotatable bonds is 3. The Labute approximate surface area is 146 Å². The lowest BCUT2D eigenvalue weighted by Crippen LogP contribution is -2.49. The molecule has 0 atom stereocenters. The van der Waals surface area contributed by atoms with Gasteiger partial charge in [0.25, 0.3) is 0 Å². The van der Waals surface area contributed by atoms with Crippen LogP contribution in [0, 0.1) is 5.82 Å². The first-order chi connectivity index (χ1) is 11.7. The van der Waals surface area contributed by atoms with Crippen LogP contribution in [0.2, 0.25) is 0 Å². The van der Waals surface area contributed by atoms with Crippen molar-refractivity contribution in [3.63, 3.8) is 0 Å². The molecule has 4 nitrogen and oxygen atoms in total. The van der Waals surface area contributed by atoms with E-state index in [1.807, 2.05) is 18.3 Å². The molecule has 2 aromatic rings. The maximum absolute atomic E-state index is 13.9. The Morgan fingerprint density at radius 2 is 2.04 bits per heavy atom. The van der Waals surface area contributed by atoms with Crippen molar-refractivity contribution in [2.45, 2.75) is 24.1 Å². The van der Waals surface area contributed by atoms with Crippen molar-refractivity contribution in [3.05, 3.63) is 48.0 Å². The summed E-state index contributed by atoms with van der Waals surface area (Å²) in [6.07, 6.45) is 4.12. The van der Waals surface area contributed by atoms with E-state index < -0.39 is 0 Å². The molecule has 0 aliphatic carbocycles. The maximum Gasteiger partial charge on any atom is 0.148 e. The van der Waals surface area contributed by atoms with Crippen molar-refractivity contribution < 1.29 is 9.13 Å². The molecule has 0 amide bonds. The summed E-state index contributed by atoms with van der Waals surface area (Å²) >= 11 is 2.11. The van der Waals surface area contributed by atoms with Crippen molar-refractivity contribution in [1.82, 2.24) is 14.7 Å². The number of benzene rings is 1. The van der Waals surface area contributed by atoms with E-state index in [0.717, 1.165) is 57.1 Å². The van der Waals surface area contributed by atoms with Gasteiger partial charge < -0.3 is 4.74 Å². The first-order valence-electron chi connectivity index (χ1n) is 8.48. The summed E-state index contributed by atoms with van der Waals surface area (Å²) in [5.41, 5.74) is 1.49. The molecule has 0 bridgehead atoms. The van der Waals surface area contributed by atoms with E-state index in [1.54, 1.807) is 16.8 Å². The zero-order valence-corrected chi connectivity index (χ0v) is 14.5. The molecule has 2 fully saturated rings. The van der Waals surface area contributed by atoms with Gasteiger partial charge in [0, 0.05) is 49.5 Å². The molecule has 1 spiro atoms. The summed E-state index contributed by atoms with van der Waals surface area (Å²) < 4.78 is 21.4. The van der Waals surface area contributed by atoms with E-state index in [2.05, 4.69) is 21.8 Å². The second-order valence-electron chi connectivity index (χ2n) is 6.56. The lowest BCUT2D eigenvalue weighted by Gasteiger charge is -2.44. The van der Waals surface area contributed by atoms with E-state index in [4.69, 9.17) is 4.74 Å². The molecule has 6 heteroatoms. The molecular formula is C18H22FN3OS. The van der Waals surface area contributed by atoms with Crippen LogP contribution >= 0.6 is 11.8 Å². The van der Waals surface area contributed by atoms with E-state index in [1.165, 1.54) is 6.07 Å². The minimum Gasteiger partial charge on any atom is -0.381 e. The Bertz CT molecular complexity index is 694. The lowest BCUT2D eigenvalue weighted by atomic mass is 9.98. The quantitative estimate of drug-likeness (QED) is 0.853. The van der Waals surface area contributed by atoms with Gasteiger partial charge in [0.2, 0.25) is 0 Å². The first kappa shape index (κ1) is 16.1. The topological polar surface area (TPSA) is 30.3 Å². The van der Waals surface area contributed by atoms with Crippen LogP contribution in [0.1, 0.15) is 18.5 Å². The molecule has 0 saturated carbocycles. The van der Waals surface area contributed by atoms with Crippen LogP contribution in [-0.4, -0.2) is 51.5 Å². The highest BCUT2D eigenvalue weighted by molar-refractivity contribution is 8.00. The van der Waals surface area contributed by atoms with Crippen molar-refractivity contribution >= 4 is 11.8 Å². The molecule has 2 saturated heterocycles. The van der Waals surface area contributed by atoms with Crippen molar-refractivity contribution in [1.29, 1.82) is 0 Å². The van der Waals surface area contributed by atoms with Crippen LogP contribution in [-0.2, 0) is 11.3 Å². The van der Waals surface area contributed by atoms with Crippen molar-refractivity contribution in [3.8, 4) is 5.69 Å². The molecule has 1 aromatic carbocycles. The van der Waals surface area contributed by atoms with Gasteiger partial charge >= 0.3 is 0 Å². The first-order valence-corrected chi connectivity index (χ1v) is 9.46. The second-order valence-corrected chi connectivity index (χ2v) is 8.12. The van der Waals surface area contributed by atoms with Crippen molar-refractivity contribution in [2.75, 3.05) is 32.1 Å². The van der Waals surface area contributed by atoms with Gasteiger partial charge in [-0.15, -0.1) is 0 Å². The predicted molar refractivity (Wildman–Crippen MR) is 94.0 cm³/mol. The number of nitrogens with zero attached hydrogens (tertiary/aromatic N) is 3. The minimum atomic E-state index is -0.248. The Balaban J connectivity index is 1.45. The SMILES string of the molecule is Fc1ccccc1-n1ccc(CN2CCSC3(CCOCC3)C2)n1. The second kappa shape index (κ2) is 6.86. The van der Waals surface area contributed by atoms with Gasteiger partial charge in [-0.1, -0.05) is 12.1 Å². The number of ether oxygens (including phenoxy) is 1. The highest BCUT2D eigenvalue weighted by Gasteiger charge is 2.37. The summed E-state index contributed by atoms with van der Waals surface area (Å²) in [5.74, 6) is 0.913. The Kier molecular flexibility index (Phi) is 4.61. The van der Waals surface area contributed by atoms with E-state index in [-0.39, 0.29) is 5.82 Å². The van der Waals surface area contributed by atoms with Crippen LogP contribution in [0.25, 0.3) is 5.69 Å². The van der Waals surface area contributed by atoms with Gasteiger partial charge in [-0.3, -0.25) is 4.90 Å². The monoisotopic (exact) mass is 347 g/mol. The number of para-hydroxylation sites is 1. The third kappa shape index (κ3) is 3.36. The van der Waals surface area contributed by atoms with Gasteiger partial charge in [-0.05, 0) is 31.0 Å². The normalized spacial score (nSPS) is 21.2. The van der Waals surface area contributed by atoms with Crippen molar-refractivity contribution in [2.24, 2.45) is 0 Å². The highest BCUT2D eigenvalue weighted by atomic mass is 32.2. The third-order valence-electron chi connectivity index (χ3n) is 4.86. The van der Waals surface area contributed by atoms with Gasteiger partial charge in [0.15, 0.2) is 0 Å². The molecule has 4 rings (SSSR count). The molecule has 0 radical (unpaired) electrons. The average molecular weight is 347 g/mol. The fourth-order valence-corrected chi connectivity index (χ4v) is 5.06. The molecule has 128 valence electrons. The maximum atomic E-state index is 13.9. The minimum absolute atomic E-state index is 0.248. The zero-order chi connectivity index (χ0) is 16.4. The molecule has 24 heavy (non-hydrogen) atoms. The fourth-order valence-electron chi connectivity index (χ4n) is 3.55. The molecule has 2 aliphatic heterocycles. The Hall–Kier alpha value is -1.37. The average Bonchev–Trinajstić information content (AvgIpc) is 3.04. The van der Waals surface area contributed by atoms with Gasteiger partial charge in [-0.25, -0.2) is 9.07 Å². The summed E-state index contributed by atoms with van der Waals surface area (Å²) in [6.45, 7) is 4.75. The summed E-state index contributed by atoms with van der Waals surface area (Å²) in [7, 11) is 0. The molecule has 3 heterocycles. The highest BCUT2D eigenvalue weighted by Crippen LogP contribution is 2.39. The van der Waals surface area contributed by atoms with Gasteiger partial charge in [0.05, 0.1) is 5.69 Å². The molecule has 0 N–H and O–H groups in total. The van der Waals surface area contributed by atoms with Gasteiger partial charge in [0.1, 0.15) is 11.5 Å². The Morgan fingerprint density at radius 3 is 2.88 bits per heavy atom. The van der Waals surface area contributed by atoms with E-state index >= 15 is 0 Å². The summed E-state index contributed by atoms with van der Waals surface area (Å²) in [6, 6.07) is 8.73. The number of hydrogen-bond acceptors (Lipinski definition) is 4. The lowest BCUT2D eigenvalue weighted by molar-refractivity contribution is 0.0623. The number of thioether (sulfide) groups is 1. The zero-order valence-electron chi connectivity index (χ0n) is 13.7. The van der Waals surface area contributed by atoms with Crippen LogP contribution < -0.4 is 0 Å². The van der Waals surface area contributed by atoms with Crippen LogP contribution in [0.3, 0.4) is 0 Å². The largest absolute Gasteiger partial charge is 0.381 e. The van der Waals surface area contributed by atoms with Crippen LogP contribution in [0.4, 0.5) is 4.39 Å². The third-order valence-corrected chi connectivity index (χ3v) is 6.40. The smallest absolute Gasteiger partial charge is 0.148 e. The standard InChI is InChI=1S/C18H22FN3OS/c19-16-3-1-2-4-17(16)22-8-5-15(20-22)13-21-9-12-24-18(14-21)6-10-23-11-7-18/h1-5,8H,6-7,9-14H2. The summed E-state index contributed by atoms with van der Waals surface area (Å²) in [5, 5.41) is 4.57. The van der Waals surface area contributed by atoms with E-state index in [9.17, 15) is 4.39 Å². The van der Waals surface area contributed by atoms with Gasteiger partial charge in [-0.2, -0.15) is 16.9 Å². The Morgan fingerprint density at radius 1 is 1.21 bits per heavy atom. The van der Waals surface area contributed by atoms with Crippen LogP contribution in [0.15, 0.2) is 36.5 Å². The summed E-state index contributed by atoms with van der Waals surface area (Å²) in [4.78, 5) is 2.48. The molecule has 2 aliphatic rings. The number of halogens is 1. The number of hydrogen-bond donors (Lipinski definition) is 0. The van der Waals surface area contributed by atoms with Crippen LogP contribution in [0.5, 0.6) is 0 Å². The molecular weight excluding hydrogens is 325 g/mol. The predicted octanol–water partition coefficient (Wildman–Crippen LogP) is 3.11. The number of aromatic nitrogens is 2. The fraction of sp³-hybridized carbons (Fsp3) is 0.500. The molecule has 0 unspecified atom stereocenters. The molecule has 1 aromatic heterocycles.